The molecule has 1 aromatic carbocycles. The summed E-state index contributed by atoms with van der Waals surface area (Å²) in [4.78, 5) is 18.8. The molecule has 7 nitrogen and oxygen atoms in total. The Labute approximate surface area is 159 Å². The number of nitrogens with zero attached hydrogens (tertiary/aromatic N) is 4. The summed E-state index contributed by atoms with van der Waals surface area (Å²) in [5, 5.41) is 9.56. The molecule has 3 N–H and O–H groups in total. The van der Waals surface area contributed by atoms with Crippen molar-refractivity contribution >= 4 is 34.3 Å². The second-order valence-electron chi connectivity index (χ2n) is 6.36. The number of aromatic nitrogens is 3. The van der Waals surface area contributed by atoms with Crippen molar-refractivity contribution in [3.05, 3.63) is 52.7 Å². The Morgan fingerprint density at radius 2 is 2.22 bits per heavy atom. The van der Waals surface area contributed by atoms with E-state index in [2.05, 4.69) is 30.3 Å². The third kappa shape index (κ3) is 3.78. The number of nitrogens with one attached hydrogen (secondary N) is 2. The number of hydrogen-bond donors (Lipinski definition) is 3. The van der Waals surface area contributed by atoms with E-state index in [0.717, 1.165) is 31.9 Å². The highest BCUT2D eigenvalue weighted by molar-refractivity contribution is 6.31. The van der Waals surface area contributed by atoms with E-state index in [1.54, 1.807) is 12.3 Å². The van der Waals surface area contributed by atoms with Gasteiger partial charge in [-0.3, -0.25) is 10.7 Å². The molecule has 0 radical (unpaired) electrons. The van der Waals surface area contributed by atoms with E-state index >= 15 is 0 Å². The van der Waals surface area contributed by atoms with Gasteiger partial charge in [0.15, 0.2) is 11.5 Å². The summed E-state index contributed by atoms with van der Waals surface area (Å²) in [6.07, 6.45) is 3.64. The largest absolute Gasteiger partial charge is 0.340 e. The minimum Gasteiger partial charge on any atom is -0.340 e. The van der Waals surface area contributed by atoms with E-state index in [1.165, 1.54) is 24.6 Å². The number of pyridine rings is 1. The maximum Gasteiger partial charge on any atom is 0.178 e. The van der Waals surface area contributed by atoms with Gasteiger partial charge in [-0.2, -0.15) is 0 Å². The first-order valence-corrected chi connectivity index (χ1v) is 9.02. The van der Waals surface area contributed by atoms with Crippen LogP contribution in [0, 0.1) is 5.82 Å². The Bertz CT molecular complexity index is 1000. The van der Waals surface area contributed by atoms with E-state index in [1.807, 2.05) is 0 Å². The van der Waals surface area contributed by atoms with Crippen molar-refractivity contribution < 1.29 is 9.60 Å². The van der Waals surface area contributed by atoms with Crippen molar-refractivity contribution in [2.45, 2.75) is 12.8 Å². The Hall–Kier alpha value is -2.55. The molecule has 2 aromatic heterocycles. The molecule has 0 bridgehead atoms. The number of rotatable bonds is 5. The second-order valence-corrected chi connectivity index (χ2v) is 6.76. The summed E-state index contributed by atoms with van der Waals surface area (Å²) in [5.41, 5.74) is 4.32. The van der Waals surface area contributed by atoms with Gasteiger partial charge in [-0.05, 0) is 43.8 Å². The molecule has 1 aliphatic heterocycles. The Morgan fingerprint density at radius 1 is 1.37 bits per heavy atom. The Kier molecular flexibility index (Phi) is 5.02. The molecule has 4 rings (SSSR count). The number of imidazole rings is 1. The van der Waals surface area contributed by atoms with Gasteiger partial charge in [0.2, 0.25) is 0 Å². The molecule has 1 aliphatic rings. The second kappa shape index (κ2) is 7.59. The molecule has 1 fully saturated rings. The molecule has 0 aliphatic carbocycles. The van der Waals surface area contributed by atoms with Crippen LogP contribution in [0.3, 0.4) is 0 Å². The maximum absolute atomic E-state index is 13.3. The zero-order valence-electron chi connectivity index (χ0n) is 14.4. The summed E-state index contributed by atoms with van der Waals surface area (Å²) in [5.74, 6) is 0.489. The van der Waals surface area contributed by atoms with Crippen LogP contribution in [0.2, 0.25) is 5.02 Å². The summed E-state index contributed by atoms with van der Waals surface area (Å²) < 4.78 is 13.3. The lowest BCUT2D eigenvalue weighted by molar-refractivity contribution is 0.183. The summed E-state index contributed by atoms with van der Waals surface area (Å²) in [7, 11) is 0. The summed E-state index contributed by atoms with van der Waals surface area (Å²) in [6, 6.07) is 5.80. The van der Waals surface area contributed by atoms with E-state index in [4.69, 9.17) is 11.6 Å². The predicted molar refractivity (Wildman–Crippen MR) is 101 cm³/mol. The van der Waals surface area contributed by atoms with Crippen LogP contribution in [0.25, 0.3) is 11.2 Å². The molecule has 9 heteroatoms. The highest BCUT2D eigenvalue weighted by atomic mass is 35.5. The number of likely N-dealkylation sites (tertiary alicyclic amines) is 1. The number of hydrogen-bond acceptors (Lipinski definition) is 5. The molecule has 27 heavy (non-hydrogen) atoms. The lowest BCUT2D eigenvalue weighted by atomic mass is 10.2. The van der Waals surface area contributed by atoms with Crippen LogP contribution in [0.5, 0.6) is 0 Å². The standard InChI is InChI=1S/C18H18ClFN6O/c19-13-10-11(2-3-14(13)20)22-17(25-27)12-4-6-21-18-16(12)23-15(24-18)5-9-26-7-1-8-26/h2-4,6,10,27H,1,5,7-9H2,(H,22,25)(H,21,23,24). The molecule has 0 atom stereocenters. The third-order valence-corrected chi connectivity index (χ3v) is 4.85. The van der Waals surface area contributed by atoms with E-state index in [0.29, 0.717) is 22.4 Å². The minimum absolute atomic E-state index is 0.0387. The van der Waals surface area contributed by atoms with Crippen LogP contribution in [-0.4, -0.2) is 50.5 Å². The zero-order chi connectivity index (χ0) is 18.8. The molecule has 0 spiro atoms. The fraction of sp³-hybridized carbons (Fsp3) is 0.278. The van der Waals surface area contributed by atoms with E-state index < -0.39 is 5.82 Å². The van der Waals surface area contributed by atoms with Crippen LogP contribution in [-0.2, 0) is 6.42 Å². The van der Waals surface area contributed by atoms with Gasteiger partial charge in [-0.15, -0.1) is 0 Å². The summed E-state index contributed by atoms with van der Waals surface area (Å²) in [6.45, 7) is 3.22. The number of amidine groups is 1. The van der Waals surface area contributed by atoms with Gasteiger partial charge in [-0.1, -0.05) is 11.6 Å². The van der Waals surface area contributed by atoms with Crippen molar-refractivity contribution in [2.24, 2.45) is 4.99 Å². The zero-order valence-corrected chi connectivity index (χ0v) is 15.2. The van der Waals surface area contributed by atoms with Gasteiger partial charge in [0, 0.05) is 24.7 Å². The number of hydroxylamine groups is 1. The van der Waals surface area contributed by atoms with Crippen molar-refractivity contribution in [3.63, 3.8) is 0 Å². The van der Waals surface area contributed by atoms with Crippen LogP contribution in [0.15, 0.2) is 35.5 Å². The van der Waals surface area contributed by atoms with Crippen LogP contribution >= 0.6 is 11.6 Å². The van der Waals surface area contributed by atoms with Gasteiger partial charge in [0.1, 0.15) is 11.6 Å². The van der Waals surface area contributed by atoms with Crippen molar-refractivity contribution in [3.8, 4) is 0 Å². The minimum atomic E-state index is -0.527. The van der Waals surface area contributed by atoms with Crippen molar-refractivity contribution in [1.29, 1.82) is 0 Å². The van der Waals surface area contributed by atoms with Crippen LogP contribution in [0.1, 0.15) is 17.8 Å². The average molecular weight is 389 g/mol. The Morgan fingerprint density at radius 3 is 2.93 bits per heavy atom. The first kappa shape index (κ1) is 17.8. The third-order valence-electron chi connectivity index (χ3n) is 4.56. The normalized spacial score (nSPS) is 15.1. The van der Waals surface area contributed by atoms with Crippen molar-refractivity contribution in [1.82, 2.24) is 25.3 Å². The number of aliphatic imine (C=N–C) groups is 1. The maximum atomic E-state index is 13.3. The highest BCUT2D eigenvalue weighted by Gasteiger charge is 2.16. The predicted octanol–water partition coefficient (Wildman–Crippen LogP) is 3.06. The monoisotopic (exact) mass is 388 g/mol. The number of H-pyrrole nitrogens is 1. The van der Waals surface area contributed by atoms with Gasteiger partial charge in [-0.25, -0.2) is 19.4 Å². The highest BCUT2D eigenvalue weighted by Crippen LogP contribution is 2.23. The lowest BCUT2D eigenvalue weighted by Gasteiger charge is -2.30. The van der Waals surface area contributed by atoms with Crippen LogP contribution in [0.4, 0.5) is 10.1 Å². The van der Waals surface area contributed by atoms with Crippen LogP contribution < -0.4 is 5.48 Å². The Balaban J connectivity index is 1.66. The van der Waals surface area contributed by atoms with E-state index in [-0.39, 0.29) is 10.9 Å². The fourth-order valence-electron chi connectivity index (χ4n) is 2.97. The van der Waals surface area contributed by atoms with E-state index in [9.17, 15) is 9.60 Å². The smallest absolute Gasteiger partial charge is 0.178 e. The number of benzene rings is 1. The quantitative estimate of drug-likeness (QED) is 0.355. The molecule has 3 heterocycles. The van der Waals surface area contributed by atoms with Gasteiger partial charge in [0.05, 0.1) is 16.2 Å². The number of fused-ring (bicyclic) bond motifs is 1. The molecule has 0 saturated carbocycles. The molecular formula is C18H18ClFN6O. The average Bonchev–Trinajstić information content (AvgIpc) is 3.04. The molecule has 140 valence electrons. The molecule has 0 unspecified atom stereocenters. The molecule has 3 aromatic rings. The molecule has 1 saturated heterocycles. The topological polar surface area (TPSA) is 89.4 Å². The molecule has 0 amide bonds. The first-order chi connectivity index (χ1) is 13.1. The SMILES string of the molecule is ONC(=Nc1ccc(F)c(Cl)c1)c1ccnc2nc(CCN3CCC3)[nH]c12. The van der Waals surface area contributed by atoms with Crippen molar-refractivity contribution in [2.75, 3.05) is 19.6 Å². The lowest BCUT2D eigenvalue weighted by Crippen LogP contribution is -2.38. The fourth-order valence-corrected chi connectivity index (χ4v) is 3.15. The van der Waals surface area contributed by atoms with Gasteiger partial charge >= 0.3 is 0 Å². The van der Waals surface area contributed by atoms with Gasteiger partial charge in [0.25, 0.3) is 0 Å². The summed E-state index contributed by atoms with van der Waals surface area (Å²) >= 11 is 5.80. The number of aromatic amines is 1. The van der Waals surface area contributed by atoms with Gasteiger partial charge < -0.3 is 9.88 Å². The number of halogens is 2. The molecular weight excluding hydrogens is 371 g/mol. The first-order valence-electron chi connectivity index (χ1n) is 8.64.